The Labute approximate surface area is 120 Å². The van der Waals surface area contributed by atoms with Gasteiger partial charge in [0.25, 0.3) is 0 Å². The third-order valence-electron chi connectivity index (χ3n) is 4.16. The zero-order valence-electron chi connectivity index (χ0n) is 12.7. The third-order valence-corrected chi connectivity index (χ3v) is 4.16. The van der Waals surface area contributed by atoms with E-state index < -0.39 is 0 Å². The molecule has 1 heterocycles. The molecule has 0 aromatic heterocycles. The van der Waals surface area contributed by atoms with Crippen LogP contribution in [0, 0.1) is 11.3 Å². The Kier molecular flexibility index (Phi) is 4.21. The highest BCUT2D eigenvalue weighted by atomic mass is 16.7. The fourth-order valence-electron chi connectivity index (χ4n) is 1.91. The summed E-state index contributed by atoms with van der Waals surface area (Å²) in [4.78, 5) is 12.1. The molecule has 4 nitrogen and oxygen atoms in total. The Bertz CT molecular complexity index is 494. The summed E-state index contributed by atoms with van der Waals surface area (Å²) in [5, 5.41) is 3.01. The third kappa shape index (κ3) is 3.06. The van der Waals surface area contributed by atoms with Gasteiger partial charge >= 0.3 is 0 Å². The van der Waals surface area contributed by atoms with Crippen molar-refractivity contribution in [3.63, 3.8) is 0 Å². The molecule has 110 valence electrons. The lowest BCUT2D eigenvalue weighted by atomic mass is 9.80. The lowest BCUT2D eigenvalue weighted by Gasteiger charge is -2.27. The Hall–Kier alpha value is -1.71. The van der Waals surface area contributed by atoms with E-state index in [0.29, 0.717) is 12.5 Å². The number of amides is 1. The summed E-state index contributed by atoms with van der Waals surface area (Å²) in [7, 11) is 0. The normalized spacial score (nSPS) is 13.7. The number of ether oxygens (including phenoxy) is 2. The number of hydrogen-bond acceptors (Lipinski definition) is 3. The molecule has 0 spiro atoms. The van der Waals surface area contributed by atoms with Gasteiger partial charge in [0, 0.05) is 12.0 Å². The van der Waals surface area contributed by atoms with E-state index >= 15 is 0 Å². The first-order valence-corrected chi connectivity index (χ1v) is 7.08. The Morgan fingerprint density at radius 2 is 2.00 bits per heavy atom. The molecule has 0 radical (unpaired) electrons. The highest BCUT2D eigenvalue weighted by molar-refractivity contribution is 5.82. The van der Waals surface area contributed by atoms with Crippen LogP contribution in [0.4, 0.5) is 0 Å². The van der Waals surface area contributed by atoms with Crippen LogP contribution in [0.25, 0.3) is 0 Å². The van der Waals surface area contributed by atoms with E-state index in [-0.39, 0.29) is 18.1 Å². The van der Waals surface area contributed by atoms with Crippen LogP contribution in [-0.4, -0.2) is 19.2 Å². The van der Waals surface area contributed by atoms with E-state index in [0.717, 1.165) is 23.5 Å². The quantitative estimate of drug-likeness (QED) is 0.900. The molecule has 20 heavy (non-hydrogen) atoms. The molecule has 1 N–H and O–H groups in total. The Morgan fingerprint density at radius 3 is 2.70 bits per heavy atom. The first kappa shape index (κ1) is 14.7. The predicted octanol–water partition coefficient (Wildman–Crippen LogP) is 2.76. The van der Waals surface area contributed by atoms with Gasteiger partial charge < -0.3 is 14.8 Å². The van der Waals surface area contributed by atoms with Gasteiger partial charge in [0.15, 0.2) is 11.5 Å². The van der Waals surface area contributed by atoms with Crippen molar-refractivity contribution in [1.82, 2.24) is 5.32 Å². The molecule has 0 aliphatic carbocycles. The maximum absolute atomic E-state index is 12.1. The number of benzene rings is 1. The van der Waals surface area contributed by atoms with Gasteiger partial charge in [-0.15, -0.1) is 0 Å². The Balaban J connectivity index is 1.86. The molecular weight excluding hydrogens is 254 g/mol. The van der Waals surface area contributed by atoms with Crippen LogP contribution >= 0.6 is 0 Å². The van der Waals surface area contributed by atoms with Gasteiger partial charge in [0.1, 0.15) is 0 Å². The first-order chi connectivity index (χ1) is 9.41. The molecule has 0 saturated carbocycles. The van der Waals surface area contributed by atoms with Crippen molar-refractivity contribution in [1.29, 1.82) is 0 Å². The van der Waals surface area contributed by atoms with E-state index in [9.17, 15) is 4.79 Å². The van der Waals surface area contributed by atoms with Crippen LogP contribution in [0.15, 0.2) is 18.2 Å². The van der Waals surface area contributed by atoms with Crippen LogP contribution in [0.3, 0.4) is 0 Å². The summed E-state index contributed by atoms with van der Waals surface area (Å²) < 4.78 is 10.6. The van der Waals surface area contributed by atoms with Gasteiger partial charge in [-0.2, -0.15) is 0 Å². The fraction of sp³-hybridized carbons (Fsp3) is 0.562. The molecule has 1 aromatic rings. The van der Waals surface area contributed by atoms with E-state index in [1.807, 2.05) is 32.0 Å². The lowest BCUT2D eigenvalue weighted by Crippen LogP contribution is -2.41. The molecule has 0 unspecified atom stereocenters. The van der Waals surface area contributed by atoms with Crippen molar-refractivity contribution < 1.29 is 14.3 Å². The van der Waals surface area contributed by atoms with Crippen LogP contribution in [0.1, 0.15) is 33.3 Å². The molecule has 1 amide bonds. The summed E-state index contributed by atoms with van der Waals surface area (Å²) in [5.74, 6) is 2.00. The van der Waals surface area contributed by atoms with Crippen molar-refractivity contribution in [3.8, 4) is 11.5 Å². The monoisotopic (exact) mass is 277 g/mol. The number of rotatable bonds is 5. The minimum absolute atomic E-state index is 0.105. The fourth-order valence-corrected chi connectivity index (χ4v) is 1.91. The van der Waals surface area contributed by atoms with Gasteiger partial charge in [-0.3, -0.25) is 4.79 Å². The molecular formula is C16H23NO3. The minimum Gasteiger partial charge on any atom is -0.454 e. The van der Waals surface area contributed by atoms with Crippen molar-refractivity contribution in [3.05, 3.63) is 23.8 Å². The summed E-state index contributed by atoms with van der Waals surface area (Å²) in [6, 6.07) is 5.90. The molecule has 0 atom stereocenters. The molecule has 1 aliphatic rings. The second-order valence-corrected chi connectivity index (χ2v) is 6.07. The van der Waals surface area contributed by atoms with E-state index in [4.69, 9.17) is 9.47 Å². The van der Waals surface area contributed by atoms with Crippen LogP contribution in [0.2, 0.25) is 0 Å². The number of carbonyl (C=O) groups is 1. The van der Waals surface area contributed by atoms with Gasteiger partial charge in [0.05, 0.1) is 0 Å². The minimum atomic E-state index is -0.338. The van der Waals surface area contributed by atoms with E-state index in [1.165, 1.54) is 0 Å². The Morgan fingerprint density at radius 1 is 1.30 bits per heavy atom. The van der Waals surface area contributed by atoms with E-state index in [1.54, 1.807) is 0 Å². The average Bonchev–Trinajstić information content (AvgIpc) is 2.85. The average molecular weight is 277 g/mol. The van der Waals surface area contributed by atoms with Crippen LogP contribution in [-0.2, 0) is 11.2 Å². The standard InChI is InChI=1S/C16H23NO3/c1-11(2)16(3,4)15(18)17-8-7-12-5-6-13-14(9-12)20-10-19-13/h5-6,9,11H,7-8,10H2,1-4H3,(H,17,18). The second kappa shape index (κ2) is 5.73. The maximum Gasteiger partial charge on any atom is 0.231 e. The van der Waals surface area contributed by atoms with E-state index in [2.05, 4.69) is 19.2 Å². The largest absolute Gasteiger partial charge is 0.454 e. The summed E-state index contributed by atoms with van der Waals surface area (Å²) >= 11 is 0. The zero-order chi connectivity index (χ0) is 14.8. The van der Waals surface area contributed by atoms with Crippen molar-refractivity contribution in [2.45, 2.75) is 34.1 Å². The highest BCUT2D eigenvalue weighted by Crippen LogP contribution is 2.32. The summed E-state index contributed by atoms with van der Waals surface area (Å²) in [6.45, 7) is 9.02. The van der Waals surface area contributed by atoms with Gasteiger partial charge in [-0.25, -0.2) is 0 Å². The maximum atomic E-state index is 12.1. The first-order valence-electron chi connectivity index (χ1n) is 7.08. The van der Waals surface area contributed by atoms with Crippen LogP contribution in [0.5, 0.6) is 11.5 Å². The molecule has 1 aliphatic heterocycles. The predicted molar refractivity (Wildman–Crippen MR) is 77.9 cm³/mol. The molecule has 2 rings (SSSR count). The lowest BCUT2D eigenvalue weighted by molar-refractivity contribution is -0.131. The topological polar surface area (TPSA) is 47.6 Å². The second-order valence-electron chi connectivity index (χ2n) is 6.07. The van der Waals surface area contributed by atoms with Gasteiger partial charge in [0.2, 0.25) is 12.7 Å². The summed E-state index contributed by atoms with van der Waals surface area (Å²) in [6.07, 6.45) is 0.788. The number of hydrogen-bond donors (Lipinski definition) is 1. The van der Waals surface area contributed by atoms with Crippen molar-refractivity contribution in [2.24, 2.45) is 11.3 Å². The van der Waals surface area contributed by atoms with Crippen molar-refractivity contribution >= 4 is 5.91 Å². The van der Waals surface area contributed by atoms with Crippen LogP contribution < -0.4 is 14.8 Å². The smallest absolute Gasteiger partial charge is 0.231 e. The van der Waals surface area contributed by atoms with Crippen molar-refractivity contribution in [2.75, 3.05) is 13.3 Å². The highest BCUT2D eigenvalue weighted by Gasteiger charge is 2.30. The SMILES string of the molecule is CC(C)C(C)(C)C(=O)NCCc1ccc2c(c1)OCO2. The molecule has 4 heteroatoms. The molecule has 0 saturated heterocycles. The number of fused-ring (bicyclic) bond motifs is 1. The molecule has 0 bridgehead atoms. The molecule has 1 aromatic carbocycles. The van der Waals surface area contributed by atoms with Gasteiger partial charge in [-0.05, 0) is 30.0 Å². The number of nitrogens with one attached hydrogen (secondary N) is 1. The van der Waals surface area contributed by atoms with Gasteiger partial charge in [-0.1, -0.05) is 33.8 Å². The summed E-state index contributed by atoms with van der Waals surface area (Å²) in [5.41, 5.74) is 0.798. The zero-order valence-corrected chi connectivity index (χ0v) is 12.7. The number of carbonyl (C=O) groups excluding carboxylic acids is 1. The molecule has 0 fully saturated rings.